The van der Waals surface area contributed by atoms with Crippen molar-refractivity contribution in [1.82, 2.24) is 10.3 Å². The van der Waals surface area contributed by atoms with Crippen LogP contribution in [0.4, 0.5) is 4.39 Å². The predicted octanol–water partition coefficient (Wildman–Crippen LogP) is 4.16. The summed E-state index contributed by atoms with van der Waals surface area (Å²) in [7, 11) is 1.91. The number of hydrogen-bond donors (Lipinski definition) is 1. The van der Waals surface area contributed by atoms with Crippen molar-refractivity contribution in [2.75, 3.05) is 7.05 Å². The van der Waals surface area contributed by atoms with E-state index >= 15 is 0 Å². The summed E-state index contributed by atoms with van der Waals surface area (Å²) in [6.07, 6.45) is 0.806. The second-order valence-corrected chi connectivity index (χ2v) is 6.60. The van der Waals surface area contributed by atoms with Crippen molar-refractivity contribution in [2.24, 2.45) is 0 Å². The predicted molar refractivity (Wildman–Crippen MR) is 81.2 cm³/mol. The van der Waals surface area contributed by atoms with Crippen molar-refractivity contribution in [3.8, 4) is 0 Å². The average molecular weight is 343 g/mol. The second kappa shape index (κ2) is 6.11. The molecule has 1 unspecified atom stereocenters. The minimum atomic E-state index is -0.230. The normalized spacial score (nSPS) is 12.7. The van der Waals surface area contributed by atoms with E-state index in [2.05, 4.69) is 33.2 Å². The van der Waals surface area contributed by atoms with E-state index in [4.69, 9.17) is 0 Å². The number of halogens is 2. The van der Waals surface area contributed by atoms with Gasteiger partial charge < -0.3 is 5.32 Å². The SMILES string of the molecule is CNC(Cc1nc(C)c(C)s1)c1ccc(F)cc1Br. The van der Waals surface area contributed by atoms with Crippen LogP contribution in [0.15, 0.2) is 22.7 Å². The van der Waals surface area contributed by atoms with Crippen LogP contribution >= 0.6 is 27.3 Å². The van der Waals surface area contributed by atoms with Gasteiger partial charge in [0.15, 0.2) is 0 Å². The van der Waals surface area contributed by atoms with Crippen LogP contribution in [0.3, 0.4) is 0 Å². The van der Waals surface area contributed by atoms with Crippen LogP contribution < -0.4 is 5.32 Å². The van der Waals surface area contributed by atoms with Gasteiger partial charge in [-0.2, -0.15) is 0 Å². The molecule has 2 rings (SSSR count). The van der Waals surface area contributed by atoms with Gasteiger partial charge in [-0.05, 0) is 38.6 Å². The molecule has 1 heterocycles. The lowest BCUT2D eigenvalue weighted by Gasteiger charge is -2.17. The fraction of sp³-hybridized carbons (Fsp3) is 0.357. The molecule has 0 amide bonds. The van der Waals surface area contributed by atoms with E-state index in [1.165, 1.54) is 17.0 Å². The van der Waals surface area contributed by atoms with Crippen LogP contribution in [-0.4, -0.2) is 12.0 Å². The molecule has 0 bridgehead atoms. The number of benzene rings is 1. The van der Waals surface area contributed by atoms with E-state index in [-0.39, 0.29) is 11.9 Å². The Labute approximate surface area is 125 Å². The molecular formula is C14H16BrFN2S. The quantitative estimate of drug-likeness (QED) is 0.902. The summed E-state index contributed by atoms with van der Waals surface area (Å²) in [6.45, 7) is 4.11. The first-order chi connectivity index (χ1) is 9.01. The molecule has 2 nitrogen and oxygen atoms in total. The van der Waals surface area contributed by atoms with E-state index in [1.807, 2.05) is 20.0 Å². The first-order valence-electron chi connectivity index (χ1n) is 6.06. The summed E-state index contributed by atoms with van der Waals surface area (Å²) in [5.41, 5.74) is 2.14. The molecule has 5 heteroatoms. The van der Waals surface area contributed by atoms with Crippen LogP contribution in [0, 0.1) is 19.7 Å². The topological polar surface area (TPSA) is 24.9 Å². The van der Waals surface area contributed by atoms with Crippen molar-refractivity contribution in [2.45, 2.75) is 26.3 Å². The van der Waals surface area contributed by atoms with Crippen LogP contribution in [0.25, 0.3) is 0 Å². The third-order valence-electron chi connectivity index (χ3n) is 3.14. The van der Waals surface area contributed by atoms with Gasteiger partial charge in [-0.3, -0.25) is 0 Å². The molecule has 1 aromatic carbocycles. The molecule has 0 aliphatic carbocycles. The Kier molecular flexibility index (Phi) is 4.71. The van der Waals surface area contributed by atoms with Gasteiger partial charge in [0.05, 0.1) is 10.7 Å². The Hall–Kier alpha value is -0.780. The van der Waals surface area contributed by atoms with Gasteiger partial charge in [0, 0.05) is 21.8 Å². The fourth-order valence-electron chi connectivity index (χ4n) is 1.95. The largest absolute Gasteiger partial charge is 0.313 e. The highest BCUT2D eigenvalue weighted by Crippen LogP contribution is 2.28. The molecule has 0 aliphatic rings. The van der Waals surface area contributed by atoms with E-state index in [0.717, 1.165) is 27.2 Å². The maximum absolute atomic E-state index is 13.1. The summed E-state index contributed by atoms with van der Waals surface area (Å²) in [6, 6.07) is 4.93. The lowest BCUT2D eigenvalue weighted by molar-refractivity contribution is 0.581. The Morgan fingerprint density at radius 2 is 2.16 bits per heavy atom. The van der Waals surface area contributed by atoms with E-state index < -0.39 is 0 Å². The minimum absolute atomic E-state index is 0.125. The molecule has 0 saturated carbocycles. The molecular weight excluding hydrogens is 327 g/mol. The fourth-order valence-corrected chi connectivity index (χ4v) is 3.56. The van der Waals surface area contributed by atoms with Gasteiger partial charge >= 0.3 is 0 Å². The van der Waals surface area contributed by atoms with E-state index in [9.17, 15) is 4.39 Å². The van der Waals surface area contributed by atoms with Crippen molar-refractivity contribution < 1.29 is 4.39 Å². The lowest BCUT2D eigenvalue weighted by atomic mass is 10.0. The number of nitrogens with one attached hydrogen (secondary N) is 1. The van der Waals surface area contributed by atoms with Gasteiger partial charge in [-0.15, -0.1) is 11.3 Å². The monoisotopic (exact) mass is 342 g/mol. The number of thiazole rings is 1. The van der Waals surface area contributed by atoms with Crippen LogP contribution in [0.5, 0.6) is 0 Å². The van der Waals surface area contributed by atoms with Gasteiger partial charge in [0.25, 0.3) is 0 Å². The zero-order valence-corrected chi connectivity index (χ0v) is 13.5. The van der Waals surface area contributed by atoms with Crippen molar-refractivity contribution >= 4 is 27.3 Å². The number of nitrogens with zero attached hydrogens (tertiary/aromatic N) is 1. The van der Waals surface area contributed by atoms with Gasteiger partial charge in [0.2, 0.25) is 0 Å². The molecule has 0 aliphatic heterocycles. The Morgan fingerprint density at radius 3 is 2.68 bits per heavy atom. The number of aryl methyl sites for hydroxylation is 2. The third kappa shape index (κ3) is 3.41. The molecule has 0 radical (unpaired) electrons. The molecule has 2 aromatic rings. The molecule has 1 aromatic heterocycles. The van der Waals surface area contributed by atoms with Crippen LogP contribution in [0.2, 0.25) is 0 Å². The highest BCUT2D eigenvalue weighted by Gasteiger charge is 2.16. The van der Waals surface area contributed by atoms with Crippen molar-refractivity contribution in [1.29, 1.82) is 0 Å². The number of rotatable bonds is 4. The summed E-state index contributed by atoms with van der Waals surface area (Å²) >= 11 is 5.15. The zero-order valence-electron chi connectivity index (χ0n) is 11.1. The van der Waals surface area contributed by atoms with Crippen molar-refractivity contribution in [3.05, 3.63) is 49.6 Å². The lowest BCUT2D eigenvalue weighted by Crippen LogP contribution is -2.19. The maximum Gasteiger partial charge on any atom is 0.124 e. The van der Waals surface area contributed by atoms with Crippen LogP contribution in [-0.2, 0) is 6.42 Å². The molecule has 0 spiro atoms. The molecule has 1 N–H and O–H groups in total. The Balaban J connectivity index is 2.24. The number of likely N-dealkylation sites (N-methyl/N-ethyl adjacent to an activating group) is 1. The Morgan fingerprint density at radius 1 is 1.42 bits per heavy atom. The second-order valence-electron chi connectivity index (χ2n) is 4.46. The molecule has 1 atom stereocenters. The minimum Gasteiger partial charge on any atom is -0.313 e. The third-order valence-corrected chi connectivity index (χ3v) is 4.92. The first kappa shape index (κ1) is 14.6. The van der Waals surface area contributed by atoms with E-state index in [0.29, 0.717) is 0 Å². The summed E-state index contributed by atoms with van der Waals surface area (Å²) < 4.78 is 13.9. The first-order valence-corrected chi connectivity index (χ1v) is 7.67. The van der Waals surface area contributed by atoms with E-state index in [1.54, 1.807) is 11.3 Å². The summed E-state index contributed by atoms with van der Waals surface area (Å²) in [5, 5.41) is 4.37. The number of aromatic nitrogens is 1. The highest BCUT2D eigenvalue weighted by molar-refractivity contribution is 9.10. The number of hydrogen-bond acceptors (Lipinski definition) is 3. The molecule has 0 fully saturated rings. The van der Waals surface area contributed by atoms with Gasteiger partial charge in [0.1, 0.15) is 5.82 Å². The highest BCUT2D eigenvalue weighted by atomic mass is 79.9. The smallest absolute Gasteiger partial charge is 0.124 e. The molecule has 0 saturated heterocycles. The molecule has 19 heavy (non-hydrogen) atoms. The van der Waals surface area contributed by atoms with Crippen LogP contribution in [0.1, 0.15) is 27.2 Å². The zero-order chi connectivity index (χ0) is 14.0. The summed E-state index contributed by atoms with van der Waals surface area (Å²) in [4.78, 5) is 5.81. The standard InChI is InChI=1S/C14H16BrFN2S/c1-8-9(2)19-14(18-8)7-13(17-3)11-5-4-10(16)6-12(11)15/h4-6,13,17H,7H2,1-3H3. The average Bonchev–Trinajstić information content (AvgIpc) is 2.66. The Bertz CT molecular complexity index is 563. The van der Waals surface area contributed by atoms with Crippen molar-refractivity contribution in [3.63, 3.8) is 0 Å². The van der Waals surface area contributed by atoms with Gasteiger partial charge in [-0.1, -0.05) is 22.0 Å². The molecule has 102 valence electrons. The maximum atomic E-state index is 13.1. The summed E-state index contributed by atoms with van der Waals surface area (Å²) in [5.74, 6) is -0.230. The van der Waals surface area contributed by atoms with Gasteiger partial charge in [-0.25, -0.2) is 9.37 Å².